The largest absolute Gasteiger partial charge is 0.337 e. The molecule has 1 aliphatic carbocycles. The molecule has 1 aromatic carbocycles. The lowest BCUT2D eigenvalue weighted by Gasteiger charge is -2.37. The van der Waals surface area contributed by atoms with E-state index in [0.29, 0.717) is 18.3 Å². The van der Waals surface area contributed by atoms with Crippen LogP contribution in [0.2, 0.25) is 0 Å². The quantitative estimate of drug-likeness (QED) is 0.794. The lowest BCUT2D eigenvalue weighted by molar-refractivity contribution is -0.143. The molecule has 1 amide bonds. The summed E-state index contributed by atoms with van der Waals surface area (Å²) in [5.74, 6) is 1.23. The van der Waals surface area contributed by atoms with Crippen molar-refractivity contribution in [2.45, 2.75) is 72.4 Å². The van der Waals surface area contributed by atoms with Crippen molar-refractivity contribution in [2.75, 3.05) is 0 Å². The van der Waals surface area contributed by atoms with Gasteiger partial charge in [-0.2, -0.15) is 4.98 Å². The van der Waals surface area contributed by atoms with E-state index in [2.05, 4.69) is 10.1 Å². The van der Waals surface area contributed by atoms with Crippen LogP contribution in [0, 0.1) is 12.3 Å². The summed E-state index contributed by atoms with van der Waals surface area (Å²) in [6.07, 6.45) is 5.72. The first kappa shape index (κ1) is 18.6. The second kappa shape index (κ2) is 7.60. The fourth-order valence-electron chi connectivity index (χ4n) is 3.47. The van der Waals surface area contributed by atoms with Crippen LogP contribution in [-0.2, 0) is 11.3 Å². The van der Waals surface area contributed by atoms with E-state index in [9.17, 15) is 4.79 Å². The van der Waals surface area contributed by atoms with Crippen molar-refractivity contribution in [3.8, 4) is 11.4 Å². The highest BCUT2D eigenvalue weighted by molar-refractivity contribution is 5.81. The molecule has 1 aromatic heterocycles. The smallest absolute Gasteiger partial charge is 0.246 e. The Kier molecular flexibility index (Phi) is 5.44. The van der Waals surface area contributed by atoms with Crippen LogP contribution in [0.15, 0.2) is 28.8 Å². The van der Waals surface area contributed by atoms with E-state index in [1.165, 1.54) is 24.8 Å². The van der Waals surface area contributed by atoms with Gasteiger partial charge in [0.15, 0.2) is 0 Å². The van der Waals surface area contributed by atoms with Gasteiger partial charge in [-0.25, -0.2) is 0 Å². The Morgan fingerprint density at radius 1 is 1.15 bits per heavy atom. The third-order valence-corrected chi connectivity index (χ3v) is 5.00. The first-order valence-corrected chi connectivity index (χ1v) is 9.55. The highest BCUT2D eigenvalue weighted by Crippen LogP contribution is 2.29. The Bertz CT molecular complexity index is 737. The first-order valence-electron chi connectivity index (χ1n) is 9.55. The van der Waals surface area contributed by atoms with Crippen LogP contribution in [0.3, 0.4) is 0 Å². The van der Waals surface area contributed by atoms with E-state index in [1.807, 2.05) is 56.9 Å². The van der Waals surface area contributed by atoms with E-state index in [4.69, 9.17) is 4.52 Å². The Morgan fingerprint density at radius 2 is 1.81 bits per heavy atom. The molecule has 0 radical (unpaired) electrons. The van der Waals surface area contributed by atoms with Crippen molar-refractivity contribution >= 4 is 5.91 Å². The second-order valence-electron chi connectivity index (χ2n) is 8.35. The van der Waals surface area contributed by atoms with E-state index in [0.717, 1.165) is 18.4 Å². The maximum absolute atomic E-state index is 13.0. The minimum atomic E-state index is -0.419. The number of rotatable bonds is 4. The Hall–Kier alpha value is -2.17. The SMILES string of the molecule is Cc1ccc(-c2noc(CN(C(=O)C(C)(C)C)C3CCCCC3)n2)cc1. The fraction of sp³-hybridized carbons (Fsp3) is 0.571. The Morgan fingerprint density at radius 3 is 2.42 bits per heavy atom. The predicted molar refractivity (Wildman–Crippen MR) is 101 cm³/mol. The molecule has 140 valence electrons. The number of nitrogens with zero attached hydrogens (tertiary/aromatic N) is 3. The summed E-state index contributed by atoms with van der Waals surface area (Å²) in [6, 6.07) is 8.31. The van der Waals surface area contributed by atoms with Gasteiger partial charge in [0, 0.05) is 17.0 Å². The van der Waals surface area contributed by atoms with Gasteiger partial charge in [-0.1, -0.05) is 75.0 Å². The Labute approximate surface area is 155 Å². The number of carbonyl (C=O) groups is 1. The number of amides is 1. The lowest BCUT2D eigenvalue weighted by atomic mass is 9.89. The van der Waals surface area contributed by atoms with Crippen molar-refractivity contribution in [1.82, 2.24) is 15.0 Å². The summed E-state index contributed by atoms with van der Waals surface area (Å²) < 4.78 is 5.48. The van der Waals surface area contributed by atoms with Crippen molar-refractivity contribution in [1.29, 1.82) is 0 Å². The molecule has 0 atom stereocenters. The predicted octanol–water partition coefficient (Wildman–Crippen LogP) is 4.75. The molecule has 0 unspecified atom stereocenters. The van der Waals surface area contributed by atoms with Crippen molar-refractivity contribution in [3.63, 3.8) is 0 Å². The molecule has 26 heavy (non-hydrogen) atoms. The first-order chi connectivity index (χ1) is 12.3. The highest BCUT2D eigenvalue weighted by Gasteiger charge is 2.33. The van der Waals surface area contributed by atoms with E-state index < -0.39 is 5.41 Å². The van der Waals surface area contributed by atoms with Gasteiger partial charge in [-0.05, 0) is 19.8 Å². The van der Waals surface area contributed by atoms with E-state index in [1.54, 1.807) is 0 Å². The minimum Gasteiger partial charge on any atom is -0.337 e. The zero-order valence-corrected chi connectivity index (χ0v) is 16.3. The molecule has 2 aromatic rings. The average Bonchev–Trinajstić information content (AvgIpc) is 3.08. The van der Waals surface area contributed by atoms with Crippen LogP contribution in [0.4, 0.5) is 0 Å². The fourth-order valence-corrected chi connectivity index (χ4v) is 3.47. The number of benzene rings is 1. The second-order valence-corrected chi connectivity index (χ2v) is 8.35. The molecule has 1 saturated carbocycles. The van der Waals surface area contributed by atoms with Gasteiger partial charge in [0.2, 0.25) is 17.6 Å². The molecular formula is C21H29N3O2. The Balaban J connectivity index is 1.80. The molecular weight excluding hydrogens is 326 g/mol. The molecule has 0 spiro atoms. The highest BCUT2D eigenvalue weighted by atomic mass is 16.5. The summed E-state index contributed by atoms with van der Waals surface area (Å²) in [6.45, 7) is 8.34. The lowest BCUT2D eigenvalue weighted by Crippen LogP contribution is -2.46. The normalized spacial score (nSPS) is 15.8. The van der Waals surface area contributed by atoms with Gasteiger partial charge in [0.1, 0.15) is 6.54 Å². The molecule has 0 saturated heterocycles. The van der Waals surface area contributed by atoms with Gasteiger partial charge in [0.05, 0.1) is 0 Å². The summed E-state index contributed by atoms with van der Waals surface area (Å²) in [7, 11) is 0. The number of hydrogen-bond acceptors (Lipinski definition) is 4. The van der Waals surface area contributed by atoms with E-state index in [-0.39, 0.29) is 11.9 Å². The third-order valence-electron chi connectivity index (χ3n) is 5.00. The van der Waals surface area contributed by atoms with Gasteiger partial charge in [-0.15, -0.1) is 0 Å². The summed E-state index contributed by atoms with van der Waals surface area (Å²) in [5, 5.41) is 4.11. The summed E-state index contributed by atoms with van der Waals surface area (Å²) in [5.41, 5.74) is 1.70. The monoisotopic (exact) mass is 355 g/mol. The van der Waals surface area contributed by atoms with Gasteiger partial charge >= 0.3 is 0 Å². The topological polar surface area (TPSA) is 59.2 Å². The van der Waals surface area contributed by atoms with Gasteiger partial charge in [0.25, 0.3) is 0 Å². The minimum absolute atomic E-state index is 0.152. The maximum Gasteiger partial charge on any atom is 0.246 e. The molecule has 1 aliphatic rings. The van der Waals surface area contributed by atoms with Crippen molar-refractivity contribution < 1.29 is 9.32 Å². The van der Waals surface area contributed by atoms with Crippen molar-refractivity contribution in [3.05, 3.63) is 35.7 Å². The number of aromatic nitrogens is 2. The summed E-state index contributed by atoms with van der Waals surface area (Å²) >= 11 is 0. The molecule has 1 heterocycles. The molecule has 0 bridgehead atoms. The van der Waals surface area contributed by atoms with Crippen molar-refractivity contribution in [2.24, 2.45) is 5.41 Å². The van der Waals surface area contributed by atoms with Crippen LogP contribution in [0.25, 0.3) is 11.4 Å². The number of carbonyl (C=O) groups excluding carboxylic acids is 1. The molecule has 0 aliphatic heterocycles. The molecule has 5 heteroatoms. The maximum atomic E-state index is 13.0. The zero-order chi connectivity index (χ0) is 18.7. The summed E-state index contributed by atoms with van der Waals surface area (Å²) in [4.78, 5) is 19.5. The van der Waals surface area contributed by atoms with Gasteiger partial charge in [-0.3, -0.25) is 4.79 Å². The van der Waals surface area contributed by atoms with Crippen LogP contribution in [0.5, 0.6) is 0 Å². The van der Waals surface area contributed by atoms with Crippen LogP contribution < -0.4 is 0 Å². The average molecular weight is 355 g/mol. The van der Waals surface area contributed by atoms with Gasteiger partial charge < -0.3 is 9.42 Å². The van der Waals surface area contributed by atoms with Crippen LogP contribution in [0.1, 0.15) is 64.3 Å². The number of hydrogen-bond donors (Lipinski definition) is 0. The number of aryl methyl sites for hydroxylation is 1. The van der Waals surface area contributed by atoms with Crippen LogP contribution in [-0.4, -0.2) is 27.0 Å². The molecule has 1 fully saturated rings. The standard InChI is InChI=1S/C21H29N3O2/c1-15-10-12-16(13-11-15)19-22-18(26-23-19)14-24(20(25)21(2,3)4)17-8-6-5-7-9-17/h10-13,17H,5-9,14H2,1-4H3. The zero-order valence-electron chi connectivity index (χ0n) is 16.3. The molecule has 3 rings (SSSR count). The molecule has 5 nitrogen and oxygen atoms in total. The van der Waals surface area contributed by atoms with E-state index >= 15 is 0 Å². The molecule has 0 N–H and O–H groups in total. The third kappa shape index (κ3) is 4.32. The van der Waals surface area contributed by atoms with Crippen LogP contribution >= 0.6 is 0 Å².